The van der Waals surface area contributed by atoms with E-state index in [1.165, 1.54) is 311 Å². The number of fused-ring (bicyclic) bond motifs is 46. The van der Waals surface area contributed by atoms with Crippen LogP contribution in [0.3, 0.4) is 0 Å². The van der Waals surface area contributed by atoms with Crippen LogP contribution >= 0.6 is 0 Å². The first-order valence-electron chi connectivity index (χ1n) is 52.6. The van der Waals surface area contributed by atoms with Crippen molar-refractivity contribution in [1.29, 1.82) is 0 Å². The maximum Gasteiger partial charge on any atom is 0.0726 e. The lowest BCUT2D eigenvalue weighted by Crippen LogP contribution is -2.26. The first kappa shape index (κ1) is 82.7. The second-order valence-electron chi connectivity index (χ2n) is 42.2. The first-order chi connectivity index (χ1) is 73.9. The van der Waals surface area contributed by atoms with Gasteiger partial charge in [-0.05, 0) is 359 Å². The largest absolute Gasteiger partial charge is 0.310 e. The third-order valence-electron chi connectivity index (χ3n) is 35.4. The van der Waals surface area contributed by atoms with Crippen molar-refractivity contribution in [3.63, 3.8) is 0 Å². The van der Waals surface area contributed by atoms with Gasteiger partial charge < -0.3 is 9.47 Å². The van der Waals surface area contributed by atoms with Gasteiger partial charge in [0.2, 0.25) is 0 Å². The molecule has 25 aromatic rings. The molecule has 690 valence electrons. The average molecular weight is 1890 g/mol. The zero-order valence-electron chi connectivity index (χ0n) is 81.6. The number of benzene rings is 23. The number of pyridine rings is 1. The molecule has 1 aliphatic heterocycles. The summed E-state index contributed by atoms with van der Waals surface area (Å²) in [6.07, 6.45) is 7.69. The molecular formula is C146H91N3. The summed E-state index contributed by atoms with van der Waals surface area (Å²) in [5.41, 5.74) is 66.1. The van der Waals surface area contributed by atoms with Crippen LogP contribution in [0, 0.1) is 0 Å². The van der Waals surface area contributed by atoms with Crippen molar-refractivity contribution in [2.24, 2.45) is 0 Å². The summed E-state index contributed by atoms with van der Waals surface area (Å²) in [6.45, 7) is 0. The van der Waals surface area contributed by atoms with E-state index < -0.39 is 10.8 Å². The fraction of sp³-hybridized carbons (Fsp3) is 0.0479. The molecule has 10 aliphatic rings. The molecule has 9 aliphatic carbocycles. The Hall–Kier alpha value is -18.7. The number of nitrogens with zero attached hydrogens (tertiary/aromatic N) is 3. The zero-order valence-corrected chi connectivity index (χ0v) is 81.6. The molecule has 3 spiro atoms. The van der Waals surface area contributed by atoms with Gasteiger partial charge in [0.15, 0.2) is 0 Å². The van der Waals surface area contributed by atoms with Gasteiger partial charge in [0.1, 0.15) is 0 Å². The number of hydrogen-bond acceptors (Lipinski definition) is 2. The number of anilines is 3. The Kier molecular flexibility index (Phi) is 17.3. The predicted octanol–water partition coefficient (Wildman–Crippen LogP) is 36.0. The van der Waals surface area contributed by atoms with E-state index in [0.717, 1.165) is 25.7 Å². The molecule has 3 nitrogen and oxygen atoms in total. The van der Waals surface area contributed by atoms with Crippen molar-refractivity contribution >= 4 is 60.4 Å². The van der Waals surface area contributed by atoms with E-state index in [0.29, 0.717) is 0 Å². The smallest absolute Gasteiger partial charge is 0.0726 e. The van der Waals surface area contributed by atoms with Crippen LogP contribution in [0.25, 0.3) is 183 Å². The summed E-state index contributed by atoms with van der Waals surface area (Å²) in [7, 11) is 0. The molecule has 0 radical (unpaired) electrons. The van der Waals surface area contributed by atoms with Gasteiger partial charge in [-0.1, -0.05) is 413 Å². The van der Waals surface area contributed by atoms with Crippen molar-refractivity contribution in [1.82, 2.24) is 9.55 Å². The second kappa shape index (κ2) is 31.2. The normalized spacial score (nSPS) is 14.2. The van der Waals surface area contributed by atoms with Crippen molar-refractivity contribution in [3.05, 3.63) is 615 Å². The van der Waals surface area contributed by atoms with E-state index in [1.807, 2.05) is 12.4 Å². The van der Waals surface area contributed by atoms with Crippen molar-refractivity contribution in [2.45, 2.75) is 41.9 Å². The van der Waals surface area contributed by atoms with E-state index >= 15 is 0 Å². The Morgan fingerprint density at radius 1 is 0.181 bits per heavy atom. The molecule has 0 bridgehead atoms. The maximum atomic E-state index is 4.47. The molecule has 3 heteroatoms. The molecule has 0 saturated heterocycles. The third-order valence-corrected chi connectivity index (χ3v) is 35.4. The second-order valence-corrected chi connectivity index (χ2v) is 42.2. The molecule has 0 fully saturated rings. The SMILES string of the molecule is c1ccc(N2c3ccccc3Cc3cc4c(cc32)-c2c(-c3cccc5c3Cc3ccccc3-5)cccc2C42c3ccccc3-c3ccccc32)cc1.c1ccc2c(c1)-c1ccccc1C21c2ccccc2-c2c(-n3c4ccccc4c4cnccc43)cccc21.c1ccc2c(c1)Cc1c(-c3ccc4c(c3)-c3cc5ccccc5cc3C43c4ccc(-c5cccc6c5Cc5ccccc5-6)cc4-c4cc5ccccc5cc43)cccc1-2. The lowest BCUT2D eigenvalue weighted by atomic mass is 9.70. The summed E-state index contributed by atoms with van der Waals surface area (Å²) < 4.78 is 2.44. The molecule has 0 saturated carbocycles. The fourth-order valence-electron chi connectivity index (χ4n) is 29.5. The summed E-state index contributed by atoms with van der Waals surface area (Å²) in [4.78, 5) is 6.97. The standard InChI is InChI=1S/C59H36.C51H33N.C36H22N2/c1-3-13-37-33-57-53(27-35(37)11-1)51-31-41(45-19-9-21-47-43-17-7-5-15-39(43)29-49(45)47)23-25-55(51)59(57)56-26-24-42(32-52(56)54-28-36-12-2-4-14-38(36)34-58(54)59)46-20-10-22-48-44-18-8-6-16-40(44)30-50(46)48;1-2-16-35(17-3-1)52-48-27-11-5-15-33(48)28-34-30-47-43(31-49(34)52)50-41(38-22-12-21-37-36-18-6-4-14-32(36)29-42(37)38)23-13-26-46(50)51(47)44-24-9-7-19-39(44)40-20-8-10-25-45(40)51;1-5-14-28-23(10-1)24-11-2-6-15-29(24)36(28)30-16-7-3-13-26(30)35-31(36)17-9-19-34(35)38-32-18-8-4-12-25(32)27-22-37-21-20-33(27)38/h1-28,31-34H,29-30H2;1-27,30-31H,28-29H2;1-22H. The minimum atomic E-state index is -0.468. The van der Waals surface area contributed by atoms with Gasteiger partial charge >= 0.3 is 0 Å². The van der Waals surface area contributed by atoms with Crippen LogP contribution in [0.15, 0.2) is 504 Å². The maximum absolute atomic E-state index is 4.47. The number of aromatic nitrogens is 2. The highest BCUT2D eigenvalue weighted by molar-refractivity contribution is 6.12. The molecule has 3 heterocycles. The van der Waals surface area contributed by atoms with Crippen LogP contribution < -0.4 is 4.90 Å². The average Bonchev–Trinajstić information content (AvgIpc) is 1.51. The third kappa shape index (κ3) is 11.2. The van der Waals surface area contributed by atoms with Crippen molar-refractivity contribution < 1.29 is 0 Å². The van der Waals surface area contributed by atoms with Crippen molar-refractivity contribution in [3.8, 4) is 139 Å². The number of hydrogen-bond donors (Lipinski definition) is 0. The van der Waals surface area contributed by atoms with E-state index in [2.05, 4.69) is 506 Å². The Labute approximate surface area is 864 Å². The Balaban J connectivity index is 0.0000000992. The lowest BCUT2D eigenvalue weighted by molar-refractivity contribution is 0.791. The van der Waals surface area contributed by atoms with E-state index in [-0.39, 0.29) is 5.41 Å². The topological polar surface area (TPSA) is 21.1 Å². The van der Waals surface area contributed by atoms with Crippen LogP contribution in [0.4, 0.5) is 17.1 Å². The minimum Gasteiger partial charge on any atom is -0.310 e. The van der Waals surface area contributed by atoms with Crippen molar-refractivity contribution in [2.75, 3.05) is 4.90 Å². The predicted molar refractivity (Wildman–Crippen MR) is 614 cm³/mol. The number of rotatable bonds is 5. The Morgan fingerprint density at radius 3 is 1.08 bits per heavy atom. The molecule has 149 heavy (non-hydrogen) atoms. The van der Waals surface area contributed by atoms with Crippen LogP contribution in [0.1, 0.15) is 111 Å². The Morgan fingerprint density at radius 2 is 0.537 bits per heavy atom. The quantitative estimate of drug-likeness (QED) is 0.171. The van der Waals surface area contributed by atoms with Gasteiger partial charge in [-0.3, -0.25) is 4.98 Å². The van der Waals surface area contributed by atoms with Gasteiger partial charge in [-0.15, -0.1) is 0 Å². The lowest BCUT2D eigenvalue weighted by Gasteiger charge is -2.35. The van der Waals surface area contributed by atoms with Crippen LogP contribution in [-0.4, -0.2) is 9.55 Å². The molecule has 0 atom stereocenters. The summed E-state index contributed by atoms with van der Waals surface area (Å²) in [5, 5.41) is 7.53. The Bertz CT molecular complexity index is 9840. The molecule has 0 unspecified atom stereocenters. The highest BCUT2D eigenvalue weighted by Crippen LogP contribution is 2.70. The highest BCUT2D eigenvalue weighted by atomic mass is 15.2. The number of para-hydroxylation sites is 3. The summed E-state index contributed by atoms with van der Waals surface area (Å²) in [5.74, 6) is 0. The van der Waals surface area contributed by atoms with Gasteiger partial charge in [0.05, 0.1) is 38.7 Å². The molecule has 35 rings (SSSR count). The highest BCUT2D eigenvalue weighted by Gasteiger charge is 2.57. The fourth-order valence-corrected chi connectivity index (χ4v) is 29.5. The monoisotopic (exact) mass is 1890 g/mol. The van der Waals surface area contributed by atoms with E-state index in [4.69, 9.17) is 0 Å². The van der Waals surface area contributed by atoms with Gasteiger partial charge in [-0.2, -0.15) is 0 Å². The first-order valence-corrected chi connectivity index (χ1v) is 52.6. The van der Waals surface area contributed by atoms with Gasteiger partial charge in [0.25, 0.3) is 0 Å². The van der Waals surface area contributed by atoms with Gasteiger partial charge in [0, 0.05) is 46.5 Å². The summed E-state index contributed by atoms with van der Waals surface area (Å²) in [6, 6.07) is 185. The van der Waals surface area contributed by atoms with Gasteiger partial charge in [-0.25, -0.2) is 0 Å². The summed E-state index contributed by atoms with van der Waals surface area (Å²) >= 11 is 0. The minimum absolute atomic E-state index is 0.338. The zero-order chi connectivity index (χ0) is 97.2. The molecule has 2 aromatic heterocycles. The van der Waals surface area contributed by atoms with E-state index in [1.54, 1.807) is 0 Å². The van der Waals surface area contributed by atoms with E-state index in [9.17, 15) is 0 Å². The molecular weight excluding hydrogens is 1800 g/mol. The van der Waals surface area contributed by atoms with Crippen LogP contribution in [0.2, 0.25) is 0 Å². The molecule has 0 N–H and O–H groups in total. The van der Waals surface area contributed by atoms with Crippen LogP contribution in [-0.2, 0) is 41.9 Å². The molecule has 0 amide bonds. The molecule has 23 aromatic carbocycles. The van der Waals surface area contributed by atoms with Crippen LogP contribution in [0.5, 0.6) is 0 Å².